The second-order valence-electron chi connectivity index (χ2n) is 7.96. The van der Waals surface area contributed by atoms with Gasteiger partial charge >= 0.3 is 0 Å². The Hall–Kier alpha value is -2.73. The normalized spacial score (nSPS) is 16.4. The average Bonchev–Trinajstić information content (AvgIpc) is 2.81. The number of aliphatic hydroxyl groups excluding tert-OH is 1. The Morgan fingerprint density at radius 1 is 0.774 bits per heavy atom. The molecule has 0 unspecified atom stereocenters. The molecule has 5 heteroatoms. The van der Waals surface area contributed by atoms with Gasteiger partial charge in [-0.05, 0) is 23.3 Å². The third-order valence-corrected chi connectivity index (χ3v) is 5.74. The van der Waals surface area contributed by atoms with Crippen molar-refractivity contribution in [3.05, 3.63) is 102 Å². The summed E-state index contributed by atoms with van der Waals surface area (Å²) in [6.45, 7) is 4.16. The molecule has 0 spiro atoms. The fourth-order valence-corrected chi connectivity index (χ4v) is 4.19. The number of halogens is 1. The summed E-state index contributed by atoms with van der Waals surface area (Å²) in [6, 6.07) is 27.7. The van der Waals surface area contributed by atoms with Crippen molar-refractivity contribution in [3.63, 3.8) is 0 Å². The number of aliphatic hydroxyl groups is 1. The van der Waals surface area contributed by atoms with E-state index in [0.29, 0.717) is 6.54 Å². The number of rotatable bonds is 8. The molecule has 31 heavy (non-hydrogen) atoms. The van der Waals surface area contributed by atoms with E-state index in [0.717, 1.165) is 26.2 Å². The van der Waals surface area contributed by atoms with Crippen LogP contribution in [0.4, 0.5) is 4.39 Å². The first-order valence-electron chi connectivity index (χ1n) is 10.8. The van der Waals surface area contributed by atoms with Crippen molar-refractivity contribution in [1.29, 1.82) is 0 Å². The van der Waals surface area contributed by atoms with Gasteiger partial charge in [-0.2, -0.15) is 0 Å². The predicted molar refractivity (Wildman–Crippen MR) is 121 cm³/mol. The highest BCUT2D eigenvalue weighted by Gasteiger charge is 2.27. The number of benzene rings is 3. The number of β-amino-alcohol motifs (C(OH)–C–C–N with tert-alkyl or cyclic N) is 1. The molecule has 1 heterocycles. The van der Waals surface area contributed by atoms with Gasteiger partial charge in [0.15, 0.2) is 11.6 Å². The minimum atomic E-state index is -0.662. The smallest absolute Gasteiger partial charge is 0.165 e. The van der Waals surface area contributed by atoms with E-state index in [9.17, 15) is 9.50 Å². The molecule has 3 aromatic rings. The van der Waals surface area contributed by atoms with Gasteiger partial charge in [0.2, 0.25) is 0 Å². The first kappa shape index (κ1) is 21.5. The highest BCUT2D eigenvalue weighted by Crippen LogP contribution is 2.29. The molecule has 1 aliphatic rings. The summed E-state index contributed by atoms with van der Waals surface area (Å²) in [6.07, 6.45) is -0.662. The molecule has 1 saturated heterocycles. The monoisotopic (exact) mass is 420 g/mol. The largest absolute Gasteiger partial charge is 0.488 e. The first-order chi connectivity index (χ1) is 15.2. The molecule has 3 aromatic carbocycles. The molecule has 0 aliphatic carbocycles. The molecule has 0 radical (unpaired) electrons. The van der Waals surface area contributed by atoms with Crippen molar-refractivity contribution >= 4 is 0 Å². The van der Waals surface area contributed by atoms with Gasteiger partial charge < -0.3 is 9.84 Å². The second kappa shape index (κ2) is 10.5. The Labute approximate surface area is 183 Å². The van der Waals surface area contributed by atoms with E-state index >= 15 is 0 Å². The zero-order chi connectivity index (χ0) is 21.5. The summed E-state index contributed by atoms with van der Waals surface area (Å²) < 4.78 is 19.1. The Morgan fingerprint density at radius 2 is 1.32 bits per heavy atom. The van der Waals surface area contributed by atoms with Crippen molar-refractivity contribution in [2.45, 2.75) is 12.1 Å². The molecular weight excluding hydrogens is 391 g/mol. The Morgan fingerprint density at radius 3 is 1.90 bits per heavy atom. The zero-order valence-electron chi connectivity index (χ0n) is 17.6. The highest BCUT2D eigenvalue weighted by molar-refractivity contribution is 5.32. The third kappa shape index (κ3) is 5.70. The van der Waals surface area contributed by atoms with Crippen LogP contribution < -0.4 is 4.74 Å². The van der Waals surface area contributed by atoms with Crippen LogP contribution in [-0.4, -0.2) is 60.3 Å². The van der Waals surface area contributed by atoms with Crippen LogP contribution in [-0.2, 0) is 0 Å². The Kier molecular flexibility index (Phi) is 7.30. The fourth-order valence-electron chi connectivity index (χ4n) is 4.19. The minimum absolute atomic E-state index is 0.0812. The van der Waals surface area contributed by atoms with E-state index in [1.807, 2.05) is 12.1 Å². The summed E-state index contributed by atoms with van der Waals surface area (Å²) in [7, 11) is 0. The molecule has 0 amide bonds. The standard InChI is InChI=1S/C26H29FN2O2/c27-24-13-7-8-14-25(24)31-20-23(30)19-28-15-17-29(18-16-28)26(21-9-3-1-4-10-21)22-11-5-2-6-12-22/h1-14,23,26,30H,15-20H2/t23-/m0/s1. The van der Waals surface area contributed by atoms with Gasteiger partial charge in [-0.15, -0.1) is 0 Å². The summed E-state index contributed by atoms with van der Waals surface area (Å²) in [5.74, 6) is -0.226. The molecule has 4 rings (SSSR count). The predicted octanol–water partition coefficient (Wildman–Crippen LogP) is 3.97. The molecule has 162 valence electrons. The fraction of sp³-hybridized carbons (Fsp3) is 0.308. The van der Waals surface area contributed by atoms with Crippen LogP contribution in [0.1, 0.15) is 17.2 Å². The van der Waals surface area contributed by atoms with E-state index < -0.39 is 11.9 Å². The molecule has 1 atom stereocenters. The van der Waals surface area contributed by atoms with Crippen molar-refractivity contribution in [2.24, 2.45) is 0 Å². The number of hydrogen-bond donors (Lipinski definition) is 1. The van der Waals surface area contributed by atoms with Gasteiger partial charge in [-0.1, -0.05) is 72.8 Å². The van der Waals surface area contributed by atoms with Gasteiger partial charge in [-0.25, -0.2) is 4.39 Å². The van der Waals surface area contributed by atoms with Crippen LogP contribution in [0.15, 0.2) is 84.9 Å². The number of ether oxygens (including phenoxy) is 1. The Balaban J connectivity index is 1.33. The maximum absolute atomic E-state index is 13.7. The molecular formula is C26H29FN2O2. The van der Waals surface area contributed by atoms with Gasteiger partial charge in [0.25, 0.3) is 0 Å². The quantitative estimate of drug-likeness (QED) is 0.598. The summed E-state index contributed by atoms with van der Waals surface area (Å²) in [4.78, 5) is 4.75. The number of hydrogen-bond acceptors (Lipinski definition) is 4. The molecule has 1 aliphatic heterocycles. The number of para-hydroxylation sites is 1. The molecule has 0 aromatic heterocycles. The van der Waals surface area contributed by atoms with Gasteiger partial charge in [0.1, 0.15) is 12.7 Å². The van der Waals surface area contributed by atoms with Crippen molar-refractivity contribution in [1.82, 2.24) is 9.80 Å². The third-order valence-electron chi connectivity index (χ3n) is 5.74. The maximum Gasteiger partial charge on any atom is 0.165 e. The topological polar surface area (TPSA) is 35.9 Å². The lowest BCUT2D eigenvalue weighted by atomic mass is 9.96. The first-order valence-corrected chi connectivity index (χ1v) is 10.8. The van der Waals surface area contributed by atoms with Crippen molar-refractivity contribution in [3.8, 4) is 5.75 Å². The lowest BCUT2D eigenvalue weighted by Crippen LogP contribution is -2.50. The van der Waals surface area contributed by atoms with Gasteiger partial charge in [0, 0.05) is 32.7 Å². The molecule has 0 bridgehead atoms. The SMILES string of the molecule is O[C@H](COc1ccccc1F)CN1CCN(C(c2ccccc2)c2ccccc2)CC1. The lowest BCUT2D eigenvalue weighted by Gasteiger charge is -2.40. The van der Waals surface area contributed by atoms with Crippen LogP contribution in [0.5, 0.6) is 5.75 Å². The molecule has 4 nitrogen and oxygen atoms in total. The van der Waals surface area contributed by atoms with E-state index in [2.05, 4.69) is 58.3 Å². The summed E-state index contributed by atoms with van der Waals surface area (Å²) in [5, 5.41) is 10.4. The molecule has 0 saturated carbocycles. The van der Waals surface area contributed by atoms with Crippen LogP contribution >= 0.6 is 0 Å². The van der Waals surface area contributed by atoms with E-state index in [4.69, 9.17) is 4.74 Å². The zero-order valence-corrected chi connectivity index (χ0v) is 17.6. The Bertz CT molecular complexity index is 891. The van der Waals surface area contributed by atoms with Crippen molar-refractivity contribution in [2.75, 3.05) is 39.3 Å². The van der Waals surface area contributed by atoms with Crippen LogP contribution in [0.25, 0.3) is 0 Å². The molecule has 1 fully saturated rings. The van der Waals surface area contributed by atoms with Gasteiger partial charge in [-0.3, -0.25) is 9.80 Å². The van der Waals surface area contributed by atoms with E-state index in [-0.39, 0.29) is 18.4 Å². The summed E-state index contributed by atoms with van der Waals surface area (Å²) >= 11 is 0. The average molecular weight is 421 g/mol. The minimum Gasteiger partial charge on any atom is -0.488 e. The lowest BCUT2D eigenvalue weighted by molar-refractivity contribution is 0.0393. The summed E-state index contributed by atoms with van der Waals surface area (Å²) in [5.41, 5.74) is 2.58. The van der Waals surface area contributed by atoms with Gasteiger partial charge in [0.05, 0.1) is 6.04 Å². The second-order valence-corrected chi connectivity index (χ2v) is 7.96. The van der Waals surface area contributed by atoms with E-state index in [1.54, 1.807) is 18.2 Å². The van der Waals surface area contributed by atoms with Crippen LogP contribution in [0.2, 0.25) is 0 Å². The van der Waals surface area contributed by atoms with Crippen molar-refractivity contribution < 1.29 is 14.2 Å². The number of nitrogens with zero attached hydrogens (tertiary/aromatic N) is 2. The van der Waals surface area contributed by atoms with E-state index in [1.165, 1.54) is 17.2 Å². The molecule has 1 N–H and O–H groups in total. The highest BCUT2D eigenvalue weighted by atomic mass is 19.1. The van der Waals surface area contributed by atoms with Crippen LogP contribution in [0, 0.1) is 5.82 Å². The maximum atomic E-state index is 13.7. The van der Waals surface area contributed by atoms with Crippen LogP contribution in [0.3, 0.4) is 0 Å². The number of piperazine rings is 1.